The molecule has 1 aromatic carbocycles. The molecule has 0 heterocycles. The summed E-state index contributed by atoms with van der Waals surface area (Å²) in [5.74, 6) is 6.35. The van der Waals surface area contributed by atoms with Crippen molar-refractivity contribution in [3.05, 3.63) is 29.3 Å². The molecule has 0 saturated carbocycles. The number of hydrogen-bond acceptors (Lipinski definition) is 2. The Morgan fingerprint density at radius 3 is 2.81 bits per heavy atom. The van der Waals surface area contributed by atoms with Gasteiger partial charge in [0.15, 0.2) is 0 Å². The summed E-state index contributed by atoms with van der Waals surface area (Å²) >= 11 is 0. The van der Waals surface area contributed by atoms with Gasteiger partial charge in [-0.2, -0.15) is 0 Å². The number of ether oxygens (including phenoxy) is 1. The minimum absolute atomic E-state index is 0.128. The summed E-state index contributed by atoms with van der Waals surface area (Å²) in [7, 11) is 0. The fourth-order valence-corrected chi connectivity index (χ4v) is 1.28. The lowest BCUT2D eigenvalue weighted by molar-refractivity contribution is 0.217. The SMILES string of the molecule is CCC(C)Oc1ccc(C)cc1C#CCO. The van der Waals surface area contributed by atoms with Crippen LogP contribution in [0.1, 0.15) is 31.4 Å². The van der Waals surface area contributed by atoms with Crippen LogP contribution in [-0.2, 0) is 0 Å². The molecule has 0 spiro atoms. The van der Waals surface area contributed by atoms with E-state index in [9.17, 15) is 0 Å². The lowest BCUT2D eigenvalue weighted by Crippen LogP contribution is -2.10. The van der Waals surface area contributed by atoms with Crippen molar-refractivity contribution in [3.8, 4) is 17.6 Å². The van der Waals surface area contributed by atoms with Crippen LogP contribution in [0.5, 0.6) is 5.75 Å². The Labute approximate surface area is 97.3 Å². The summed E-state index contributed by atoms with van der Waals surface area (Å²) in [6, 6.07) is 5.91. The Morgan fingerprint density at radius 1 is 1.44 bits per heavy atom. The first-order valence-electron chi connectivity index (χ1n) is 5.54. The molecule has 1 aromatic rings. The third-order valence-electron chi connectivity index (χ3n) is 2.34. The number of aliphatic hydroxyl groups is 1. The summed E-state index contributed by atoms with van der Waals surface area (Å²) < 4.78 is 5.76. The molecule has 0 aromatic heterocycles. The van der Waals surface area contributed by atoms with Gasteiger partial charge in [-0.25, -0.2) is 0 Å². The van der Waals surface area contributed by atoms with Gasteiger partial charge in [0.1, 0.15) is 12.4 Å². The molecule has 0 aliphatic heterocycles. The average molecular weight is 218 g/mol. The topological polar surface area (TPSA) is 29.5 Å². The van der Waals surface area contributed by atoms with E-state index in [0.717, 1.165) is 23.3 Å². The van der Waals surface area contributed by atoms with Crippen LogP contribution in [0.25, 0.3) is 0 Å². The van der Waals surface area contributed by atoms with E-state index in [-0.39, 0.29) is 12.7 Å². The first kappa shape index (κ1) is 12.6. The van der Waals surface area contributed by atoms with Crippen molar-refractivity contribution >= 4 is 0 Å². The molecule has 1 atom stereocenters. The summed E-state index contributed by atoms with van der Waals surface area (Å²) in [4.78, 5) is 0. The predicted molar refractivity (Wildman–Crippen MR) is 65.5 cm³/mol. The van der Waals surface area contributed by atoms with Crippen molar-refractivity contribution < 1.29 is 9.84 Å². The molecule has 2 heteroatoms. The molecule has 0 amide bonds. The molecule has 16 heavy (non-hydrogen) atoms. The molecular weight excluding hydrogens is 200 g/mol. The largest absolute Gasteiger partial charge is 0.489 e. The highest BCUT2D eigenvalue weighted by atomic mass is 16.5. The molecule has 0 bridgehead atoms. The average Bonchev–Trinajstić information content (AvgIpc) is 2.29. The van der Waals surface area contributed by atoms with E-state index in [4.69, 9.17) is 9.84 Å². The van der Waals surface area contributed by atoms with Crippen molar-refractivity contribution in [1.82, 2.24) is 0 Å². The smallest absolute Gasteiger partial charge is 0.135 e. The third kappa shape index (κ3) is 3.60. The summed E-state index contributed by atoms with van der Waals surface area (Å²) in [6.07, 6.45) is 1.14. The van der Waals surface area contributed by atoms with Gasteiger partial charge in [0, 0.05) is 0 Å². The Kier molecular flexibility index (Phi) is 4.88. The summed E-state index contributed by atoms with van der Waals surface area (Å²) in [5, 5.41) is 8.70. The number of aliphatic hydroxyl groups excluding tert-OH is 1. The Bertz CT molecular complexity index is 399. The summed E-state index contributed by atoms with van der Waals surface area (Å²) in [6.45, 7) is 5.99. The van der Waals surface area contributed by atoms with Gasteiger partial charge in [-0.05, 0) is 38.0 Å². The number of hydrogen-bond donors (Lipinski definition) is 1. The molecule has 2 nitrogen and oxygen atoms in total. The second-order valence-electron chi connectivity index (χ2n) is 3.80. The van der Waals surface area contributed by atoms with Crippen LogP contribution in [0.2, 0.25) is 0 Å². The van der Waals surface area contributed by atoms with Crippen molar-refractivity contribution in [1.29, 1.82) is 0 Å². The van der Waals surface area contributed by atoms with E-state index in [1.165, 1.54) is 0 Å². The standard InChI is InChI=1S/C14H18O2/c1-4-12(3)16-14-8-7-11(2)10-13(14)6-5-9-15/h7-8,10,12,15H,4,9H2,1-3H3. The van der Waals surface area contributed by atoms with Crippen LogP contribution in [0.15, 0.2) is 18.2 Å². The number of rotatable bonds is 3. The maximum Gasteiger partial charge on any atom is 0.135 e. The van der Waals surface area contributed by atoms with Gasteiger partial charge in [0.2, 0.25) is 0 Å². The van der Waals surface area contributed by atoms with Crippen LogP contribution < -0.4 is 4.74 Å². The molecule has 1 N–H and O–H groups in total. The summed E-state index contributed by atoms with van der Waals surface area (Å²) in [5.41, 5.74) is 1.98. The number of benzene rings is 1. The maximum atomic E-state index is 8.70. The molecule has 0 aliphatic rings. The van der Waals surface area contributed by atoms with E-state index >= 15 is 0 Å². The minimum atomic E-state index is -0.128. The highest BCUT2D eigenvalue weighted by Crippen LogP contribution is 2.20. The molecule has 1 rings (SSSR count). The van der Waals surface area contributed by atoms with Crippen molar-refractivity contribution in [3.63, 3.8) is 0 Å². The highest BCUT2D eigenvalue weighted by molar-refractivity contribution is 5.48. The van der Waals surface area contributed by atoms with Crippen molar-refractivity contribution in [2.45, 2.75) is 33.3 Å². The van der Waals surface area contributed by atoms with Crippen molar-refractivity contribution in [2.24, 2.45) is 0 Å². The van der Waals surface area contributed by atoms with E-state index in [1.807, 2.05) is 32.0 Å². The van der Waals surface area contributed by atoms with Gasteiger partial charge in [-0.1, -0.05) is 24.8 Å². The molecular formula is C14H18O2. The molecule has 1 unspecified atom stereocenters. The van der Waals surface area contributed by atoms with Crippen LogP contribution in [-0.4, -0.2) is 17.8 Å². The molecule has 86 valence electrons. The lowest BCUT2D eigenvalue weighted by Gasteiger charge is -2.14. The highest BCUT2D eigenvalue weighted by Gasteiger charge is 2.05. The van der Waals surface area contributed by atoms with Crippen LogP contribution in [0, 0.1) is 18.8 Å². The van der Waals surface area contributed by atoms with Crippen LogP contribution in [0.3, 0.4) is 0 Å². The lowest BCUT2D eigenvalue weighted by atomic mass is 10.1. The normalized spacial score (nSPS) is 11.5. The minimum Gasteiger partial charge on any atom is -0.489 e. The van der Waals surface area contributed by atoms with Gasteiger partial charge >= 0.3 is 0 Å². The van der Waals surface area contributed by atoms with Gasteiger partial charge < -0.3 is 9.84 Å². The molecule has 0 saturated heterocycles. The fourth-order valence-electron chi connectivity index (χ4n) is 1.28. The second kappa shape index (κ2) is 6.19. The Morgan fingerprint density at radius 2 is 2.19 bits per heavy atom. The monoisotopic (exact) mass is 218 g/mol. The zero-order chi connectivity index (χ0) is 12.0. The molecule has 0 radical (unpaired) electrons. The quantitative estimate of drug-likeness (QED) is 0.790. The molecule has 0 aliphatic carbocycles. The van der Waals surface area contributed by atoms with E-state index in [2.05, 4.69) is 18.8 Å². The Hall–Kier alpha value is -1.46. The van der Waals surface area contributed by atoms with Gasteiger partial charge in [0.05, 0.1) is 11.7 Å². The second-order valence-corrected chi connectivity index (χ2v) is 3.80. The zero-order valence-electron chi connectivity index (χ0n) is 10.1. The Balaban J connectivity index is 2.98. The van der Waals surface area contributed by atoms with Crippen LogP contribution in [0.4, 0.5) is 0 Å². The fraction of sp³-hybridized carbons (Fsp3) is 0.429. The third-order valence-corrected chi connectivity index (χ3v) is 2.34. The first-order chi connectivity index (χ1) is 7.67. The van der Waals surface area contributed by atoms with E-state index in [0.29, 0.717) is 0 Å². The van der Waals surface area contributed by atoms with Crippen molar-refractivity contribution in [2.75, 3.05) is 6.61 Å². The van der Waals surface area contributed by atoms with Gasteiger partial charge in [-0.15, -0.1) is 0 Å². The predicted octanol–water partition coefficient (Wildman–Crippen LogP) is 2.52. The first-order valence-corrected chi connectivity index (χ1v) is 5.54. The van der Waals surface area contributed by atoms with Gasteiger partial charge in [0.25, 0.3) is 0 Å². The van der Waals surface area contributed by atoms with Gasteiger partial charge in [-0.3, -0.25) is 0 Å². The van der Waals surface area contributed by atoms with E-state index in [1.54, 1.807) is 0 Å². The zero-order valence-corrected chi connectivity index (χ0v) is 10.1. The van der Waals surface area contributed by atoms with Crippen LogP contribution >= 0.6 is 0 Å². The maximum absolute atomic E-state index is 8.70. The molecule has 0 fully saturated rings. The van der Waals surface area contributed by atoms with E-state index < -0.39 is 0 Å². The number of aryl methyl sites for hydroxylation is 1.